The number of hydrogen-bond donors (Lipinski definition) is 0. The topological polar surface area (TPSA) is 76.0 Å². The van der Waals surface area contributed by atoms with Gasteiger partial charge in [-0.15, -0.1) is 0 Å². The maximum atomic E-state index is 12.4. The fourth-order valence-corrected chi connectivity index (χ4v) is 7.75. The van der Waals surface area contributed by atoms with Crippen molar-refractivity contribution in [2.75, 3.05) is 23.0 Å². The molecule has 28 heavy (non-hydrogen) atoms. The molecule has 0 unspecified atom stereocenters. The Morgan fingerprint density at radius 1 is 1.18 bits per heavy atom. The van der Waals surface area contributed by atoms with E-state index in [1.807, 2.05) is 47.4 Å². The molecular weight excluding hydrogens is 511 g/mol. The van der Waals surface area contributed by atoms with E-state index in [1.54, 1.807) is 12.1 Å². The number of carbonyl (C=O) groups is 1. The Labute approximate surface area is 181 Å². The minimum Gasteiger partial charge on any atom is -0.484 e. The van der Waals surface area contributed by atoms with Gasteiger partial charge < -0.3 is 9.64 Å². The smallest absolute Gasteiger partial charge is 0.285 e. The third-order valence-electron chi connectivity index (χ3n) is 4.48. The van der Waals surface area contributed by atoms with E-state index in [2.05, 4.69) is 27.6 Å². The summed E-state index contributed by atoms with van der Waals surface area (Å²) in [6, 6.07) is 16.6. The van der Waals surface area contributed by atoms with Crippen LogP contribution in [0.25, 0.3) is 0 Å². The molecule has 2 fully saturated rings. The van der Waals surface area contributed by atoms with Gasteiger partial charge in [-0.25, -0.2) is 8.42 Å². The number of nitrogens with zero attached hydrogens (tertiary/aromatic N) is 2. The number of benzene rings is 2. The number of halogens is 1. The summed E-state index contributed by atoms with van der Waals surface area (Å²) in [5, 5.41) is 0.415. The van der Waals surface area contributed by atoms with Gasteiger partial charge in [0, 0.05) is 14.5 Å². The maximum Gasteiger partial charge on any atom is 0.285 e. The summed E-state index contributed by atoms with van der Waals surface area (Å²) in [6.07, 6.45) is 0. The lowest BCUT2D eigenvalue weighted by Gasteiger charge is -2.24. The van der Waals surface area contributed by atoms with Crippen LogP contribution in [0.4, 0.5) is 5.69 Å². The molecule has 1 amide bonds. The SMILES string of the molecule is O=C(COc1ccccc1)N=C1S[C@H]2CS(=O)(=O)C[C@@H]2N1c1cccc(I)c1. The highest BCUT2D eigenvalue weighted by molar-refractivity contribution is 14.1. The normalized spacial score (nSPS) is 24.3. The van der Waals surface area contributed by atoms with Crippen LogP contribution in [0.5, 0.6) is 5.75 Å². The van der Waals surface area contributed by atoms with Gasteiger partial charge in [-0.05, 0) is 52.9 Å². The van der Waals surface area contributed by atoms with Gasteiger partial charge in [0.25, 0.3) is 5.91 Å². The zero-order valence-electron chi connectivity index (χ0n) is 14.7. The maximum absolute atomic E-state index is 12.4. The Balaban J connectivity index is 1.58. The molecule has 0 radical (unpaired) electrons. The molecule has 2 aromatic carbocycles. The van der Waals surface area contributed by atoms with E-state index in [-0.39, 0.29) is 29.4 Å². The molecule has 0 N–H and O–H groups in total. The first-order chi connectivity index (χ1) is 13.4. The summed E-state index contributed by atoms with van der Waals surface area (Å²) in [7, 11) is -3.08. The zero-order valence-corrected chi connectivity index (χ0v) is 18.5. The fraction of sp³-hybridized carbons (Fsp3) is 0.263. The largest absolute Gasteiger partial charge is 0.484 e. The Bertz CT molecular complexity index is 1030. The number of amidine groups is 1. The van der Waals surface area contributed by atoms with Crippen molar-refractivity contribution in [1.82, 2.24) is 0 Å². The molecule has 2 aromatic rings. The molecular formula is C19H17IN2O4S2. The average Bonchev–Trinajstić information content (AvgIpc) is 3.11. The van der Waals surface area contributed by atoms with Gasteiger partial charge in [0.1, 0.15) is 5.75 Å². The van der Waals surface area contributed by atoms with Crippen LogP contribution in [-0.2, 0) is 14.6 Å². The molecule has 0 saturated carbocycles. The predicted octanol–water partition coefficient (Wildman–Crippen LogP) is 2.97. The van der Waals surface area contributed by atoms with Gasteiger partial charge in [-0.3, -0.25) is 4.79 Å². The van der Waals surface area contributed by atoms with Crippen LogP contribution in [0.15, 0.2) is 59.6 Å². The number of thioether (sulfide) groups is 1. The molecule has 2 heterocycles. The van der Waals surface area contributed by atoms with Crippen LogP contribution < -0.4 is 9.64 Å². The lowest BCUT2D eigenvalue weighted by atomic mass is 10.2. The van der Waals surface area contributed by atoms with Gasteiger partial charge in [0.2, 0.25) is 0 Å². The number of carbonyl (C=O) groups excluding carboxylic acids is 1. The highest BCUT2D eigenvalue weighted by atomic mass is 127. The Morgan fingerprint density at radius 3 is 2.71 bits per heavy atom. The minimum atomic E-state index is -3.08. The van der Waals surface area contributed by atoms with Crippen molar-refractivity contribution >= 4 is 61.0 Å². The molecule has 9 heteroatoms. The van der Waals surface area contributed by atoms with E-state index >= 15 is 0 Å². The van der Waals surface area contributed by atoms with E-state index in [1.165, 1.54) is 11.8 Å². The molecule has 146 valence electrons. The number of aliphatic imine (C=N–C) groups is 1. The summed E-state index contributed by atoms with van der Waals surface area (Å²) in [5.41, 5.74) is 0.847. The van der Waals surface area contributed by atoms with E-state index in [4.69, 9.17) is 4.74 Å². The minimum absolute atomic E-state index is 0.0733. The number of rotatable bonds is 4. The van der Waals surface area contributed by atoms with Crippen molar-refractivity contribution in [1.29, 1.82) is 0 Å². The molecule has 4 rings (SSSR count). The van der Waals surface area contributed by atoms with Gasteiger partial charge in [-0.2, -0.15) is 4.99 Å². The van der Waals surface area contributed by atoms with Crippen LogP contribution in [0.2, 0.25) is 0 Å². The summed E-state index contributed by atoms with van der Waals surface area (Å²) >= 11 is 3.57. The molecule has 2 aliphatic heterocycles. The van der Waals surface area contributed by atoms with Crippen LogP contribution in [0.1, 0.15) is 0 Å². The van der Waals surface area contributed by atoms with Crippen molar-refractivity contribution in [2.45, 2.75) is 11.3 Å². The summed E-state index contributed by atoms with van der Waals surface area (Å²) in [6.45, 7) is -0.165. The molecule has 0 spiro atoms. The van der Waals surface area contributed by atoms with Crippen molar-refractivity contribution in [2.24, 2.45) is 4.99 Å². The van der Waals surface area contributed by atoms with Crippen LogP contribution in [0.3, 0.4) is 0 Å². The van der Waals surface area contributed by atoms with Crippen LogP contribution in [-0.4, -0.2) is 48.9 Å². The number of amides is 1. The van der Waals surface area contributed by atoms with Gasteiger partial charge in [0.15, 0.2) is 21.6 Å². The number of hydrogen-bond acceptors (Lipinski definition) is 5. The van der Waals surface area contributed by atoms with E-state index in [0.29, 0.717) is 10.9 Å². The molecule has 2 atom stereocenters. The molecule has 0 aliphatic carbocycles. The van der Waals surface area contributed by atoms with Gasteiger partial charge in [-0.1, -0.05) is 36.0 Å². The monoisotopic (exact) mass is 528 g/mol. The standard InChI is InChI=1S/C19H17IN2O4S2/c20-13-5-4-6-14(9-13)22-16-11-28(24,25)12-17(16)27-19(22)21-18(23)10-26-15-7-2-1-3-8-15/h1-9,16-17H,10-12H2/t16-,17-/m0/s1. The third kappa shape index (κ3) is 4.36. The zero-order chi connectivity index (χ0) is 19.7. The Hall–Kier alpha value is -1.59. The lowest BCUT2D eigenvalue weighted by molar-refractivity contribution is -0.119. The number of fused-ring (bicyclic) bond motifs is 1. The van der Waals surface area contributed by atoms with Crippen molar-refractivity contribution in [3.63, 3.8) is 0 Å². The fourth-order valence-electron chi connectivity index (χ4n) is 3.29. The quantitative estimate of drug-likeness (QED) is 0.569. The first kappa shape index (κ1) is 19.7. The first-order valence-corrected chi connectivity index (χ1v) is 12.4. The summed E-state index contributed by atoms with van der Waals surface area (Å²) < 4.78 is 30.7. The highest BCUT2D eigenvalue weighted by Crippen LogP contribution is 2.41. The highest BCUT2D eigenvalue weighted by Gasteiger charge is 2.49. The van der Waals surface area contributed by atoms with Crippen molar-refractivity contribution in [3.05, 3.63) is 58.2 Å². The van der Waals surface area contributed by atoms with Crippen molar-refractivity contribution in [3.8, 4) is 5.75 Å². The van der Waals surface area contributed by atoms with Crippen molar-refractivity contribution < 1.29 is 17.9 Å². The number of anilines is 1. The molecule has 2 aliphatic rings. The van der Waals surface area contributed by atoms with Gasteiger partial charge >= 0.3 is 0 Å². The summed E-state index contributed by atoms with van der Waals surface area (Å²) in [5.74, 6) is 0.387. The lowest BCUT2D eigenvalue weighted by Crippen LogP contribution is -2.37. The third-order valence-corrected chi connectivity index (χ3v) is 8.36. The number of para-hydroxylation sites is 1. The van der Waals surface area contributed by atoms with Gasteiger partial charge in [0.05, 0.1) is 17.5 Å². The summed E-state index contributed by atoms with van der Waals surface area (Å²) in [4.78, 5) is 18.5. The van der Waals surface area contributed by atoms with E-state index < -0.39 is 15.7 Å². The molecule has 0 bridgehead atoms. The molecule has 2 saturated heterocycles. The van der Waals surface area contributed by atoms with Crippen LogP contribution in [0, 0.1) is 3.57 Å². The molecule has 0 aromatic heterocycles. The second-order valence-electron chi connectivity index (χ2n) is 6.54. The Kier molecular flexibility index (Phi) is 5.66. The second-order valence-corrected chi connectivity index (χ2v) is 11.1. The van der Waals surface area contributed by atoms with E-state index in [0.717, 1.165) is 9.26 Å². The Morgan fingerprint density at radius 2 is 1.96 bits per heavy atom. The second kappa shape index (κ2) is 8.03. The predicted molar refractivity (Wildman–Crippen MR) is 120 cm³/mol. The van der Waals surface area contributed by atoms with Crippen LogP contribution >= 0.6 is 34.4 Å². The number of sulfone groups is 1. The first-order valence-electron chi connectivity index (χ1n) is 8.62. The average molecular weight is 528 g/mol. The molecule has 6 nitrogen and oxygen atoms in total. The van der Waals surface area contributed by atoms with E-state index in [9.17, 15) is 13.2 Å². The number of ether oxygens (including phenoxy) is 1.